The van der Waals surface area contributed by atoms with Gasteiger partial charge in [-0.05, 0) is 17.3 Å². The predicted molar refractivity (Wildman–Crippen MR) is 57.4 cm³/mol. The molecule has 0 radical (unpaired) electrons. The third-order valence-corrected chi connectivity index (χ3v) is 1.89. The van der Waals surface area contributed by atoms with Crippen LogP contribution >= 0.6 is 0 Å². The van der Waals surface area contributed by atoms with Crippen LogP contribution in [0.3, 0.4) is 0 Å². The zero-order chi connectivity index (χ0) is 11.3. The number of carbonyl (C=O) groups is 1. The molecule has 80 valence electrons. The van der Waals surface area contributed by atoms with Crippen LogP contribution in [-0.4, -0.2) is 13.0 Å². The maximum atomic E-state index is 11.2. The Labute approximate surface area is 87.4 Å². The molecule has 0 bridgehead atoms. The zero-order valence-corrected chi connectivity index (χ0v) is 8.61. The molecule has 0 aromatic heterocycles. The van der Waals surface area contributed by atoms with E-state index in [1.54, 1.807) is 13.0 Å². The van der Waals surface area contributed by atoms with E-state index in [0.29, 0.717) is 17.9 Å². The summed E-state index contributed by atoms with van der Waals surface area (Å²) < 4.78 is 5.02. The number of hydrogen-bond donors (Lipinski definition) is 1. The highest BCUT2D eigenvalue weighted by molar-refractivity contribution is 5.92. The minimum Gasteiger partial charge on any atom is -0.494 e. The quantitative estimate of drug-likeness (QED) is 0.772. The van der Waals surface area contributed by atoms with Crippen LogP contribution < -0.4 is 10.1 Å². The summed E-state index contributed by atoms with van der Waals surface area (Å²) >= 11 is 0. The highest BCUT2D eigenvalue weighted by atomic mass is 16.5. The Bertz CT molecular complexity index is 377. The van der Waals surface area contributed by atoms with E-state index in [1.165, 1.54) is 19.2 Å². The molecule has 1 aromatic rings. The molecule has 1 aromatic carbocycles. The summed E-state index contributed by atoms with van der Waals surface area (Å²) in [5.74, 6) is 0.314. The molecule has 1 rings (SSSR count). The van der Waals surface area contributed by atoms with Crippen molar-refractivity contribution >= 4 is 17.3 Å². The van der Waals surface area contributed by atoms with Gasteiger partial charge in [0.1, 0.15) is 11.4 Å². The van der Waals surface area contributed by atoms with Gasteiger partial charge in [0, 0.05) is 12.5 Å². The predicted octanol–water partition coefficient (Wildman–Crippen LogP) is 2.44. The van der Waals surface area contributed by atoms with Gasteiger partial charge >= 0.3 is 0 Å². The van der Waals surface area contributed by atoms with Crippen molar-refractivity contribution in [2.45, 2.75) is 13.3 Å². The fourth-order valence-corrected chi connectivity index (χ4v) is 1.08. The average molecular weight is 208 g/mol. The number of nitrogens with zero attached hydrogens (tertiary/aromatic N) is 1. The van der Waals surface area contributed by atoms with Gasteiger partial charge < -0.3 is 10.1 Å². The Morgan fingerprint density at radius 3 is 2.80 bits per heavy atom. The van der Waals surface area contributed by atoms with Crippen molar-refractivity contribution in [3.8, 4) is 5.75 Å². The van der Waals surface area contributed by atoms with Gasteiger partial charge in [-0.15, -0.1) is 4.91 Å². The van der Waals surface area contributed by atoms with Crippen molar-refractivity contribution in [1.82, 2.24) is 0 Å². The lowest BCUT2D eigenvalue weighted by Gasteiger charge is -2.09. The van der Waals surface area contributed by atoms with E-state index in [-0.39, 0.29) is 11.6 Å². The standard InChI is InChI=1S/C10H12N2O3/c1-3-10(13)11-8-5-4-7(12-14)6-9(8)15-2/h4-6H,3H2,1-2H3,(H,11,13). The molecule has 0 aliphatic heterocycles. The summed E-state index contributed by atoms with van der Waals surface area (Å²) in [7, 11) is 1.46. The van der Waals surface area contributed by atoms with E-state index in [4.69, 9.17) is 4.74 Å². The summed E-state index contributed by atoms with van der Waals surface area (Å²) in [4.78, 5) is 21.4. The number of anilines is 1. The fourth-order valence-electron chi connectivity index (χ4n) is 1.08. The van der Waals surface area contributed by atoms with Crippen molar-refractivity contribution in [3.05, 3.63) is 23.1 Å². The van der Waals surface area contributed by atoms with Crippen molar-refractivity contribution in [2.75, 3.05) is 12.4 Å². The van der Waals surface area contributed by atoms with Crippen molar-refractivity contribution in [2.24, 2.45) is 5.18 Å². The van der Waals surface area contributed by atoms with Gasteiger partial charge in [-0.2, -0.15) is 0 Å². The zero-order valence-electron chi connectivity index (χ0n) is 8.61. The molecule has 5 nitrogen and oxygen atoms in total. The molecule has 0 aliphatic rings. The molecular weight excluding hydrogens is 196 g/mol. The third kappa shape index (κ3) is 2.77. The maximum Gasteiger partial charge on any atom is 0.224 e. The smallest absolute Gasteiger partial charge is 0.224 e. The highest BCUT2D eigenvalue weighted by Gasteiger charge is 2.07. The molecule has 0 atom stereocenters. The molecule has 0 unspecified atom stereocenters. The molecule has 0 saturated heterocycles. The summed E-state index contributed by atoms with van der Waals surface area (Å²) in [6.07, 6.45) is 0.386. The van der Waals surface area contributed by atoms with Gasteiger partial charge in [0.25, 0.3) is 0 Å². The molecule has 0 spiro atoms. The number of rotatable bonds is 4. The molecule has 5 heteroatoms. The lowest BCUT2D eigenvalue weighted by atomic mass is 10.2. The van der Waals surface area contributed by atoms with Crippen LogP contribution in [0.25, 0.3) is 0 Å². The Kier molecular flexibility index (Phi) is 3.79. The molecule has 0 aliphatic carbocycles. The number of ether oxygens (including phenoxy) is 1. The first kappa shape index (κ1) is 11.2. The van der Waals surface area contributed by atoms with Gasteiger partial charge in [-0.25, -0.2) is 0 Å². The second-order valence-corrected chi connectivity index (χ2v) is 2.88. The Balaban J connectivity index is 2.97. The third-order valence-electron chi connectivity index (χ3n) is 1.89. The minimum atomic E-state index is -0.111. The fraction of sp³-hybridized carbons (Fsp3) is 0.300. The highest BCUT2D eigenvalue weighted by Crippen LogP contribution is 2.29. The molecule has 0 heterocycles. The Morgan fingerprint density at radius 1 is 1.53 bits per heavy atom. The van der Waals surface area contributed by atoms with E-state index in [0.717, 1.165) is 0 Å². The van der Waals surface area contributed by atoms with Gasteiger partial charge in [-0.1, -0.05) is 6.92 Å². The van der Waals surface area contributed by atoms with Crippen LogP contribution in [0.1, 0.15) is 13.3 Å². The maximum absolute atomic E-state index is 11.2. The number of benzene rings is 1. The molecule has 15 heavy (non-hydrogen) atoms. The van der Waals surface area contributed by atoms with Crippen LogP contribution in [0, 0.1) is 4.91 Å². The Morgan fingerprint density at radius 2 is 2.27 bits per heavy atom. The van der Waals surface area contributed by atoms with Crippen LogP contribution in [0.4, 0.5) is 11.4 Å². The van der Waals surface area contributed by atoms with Gasteiger partial charge in [0.05, 0.1) is 12.8 Å². The summed E-state index contributed by atoms with van der Waals surface area (Å²) in [5, 5.41) is 5.43. The van der Waals surface area contributed by atoms with Crippen molar-refractivity contribution in [1.29, 1.82) is 0 Å². The lowest BCUT2D eigenvalue weighted by Crippen LogP contribution is -2.10. The number of amides is 1. The number of methoxy groups -OCH3 is 1. The molecular formula is C10H12N2O3. The van der Waals surface area contributed by atoms with Crippen molar-refractivity contribution in [3.63, 3.8) is 0 Å². The minimum absolute atomic E-state index is 0.111. The Hall–Kier alpha value is -1.91. The van der Waals surface area contributed by atoms with E-state index >= 15 is 0 Å². The summed E-state index contributed by atoms with van der Waals surface area (Å²) in [5.41, 5.74) is 0.804. The van der Waals surface area contributed by atoms with Crippen LogP contribution in [0.15, 0.2) is 23.4 Å². The van der Waals surface area contributed by atoms with Gasteiger partial charge in [0.2, 0.25) is 5.91 Å². The van der Waals surface area contributed by atoms with Crippen LogP contribution in [0.5, 0.6) is 5.75 Å². The van der Waals surface area contributed by atoms with Gasteiger partial charge in [-0.3, -0.25) is 4.79 Å². The first-order valence-electron chi connectivity index (χ1n) is 4.52. The first-order chi connectivity index (χ1) is 7.21. The molecule has 0 fully saturated rings. The normalized spacial score (nSPS) is 9.47. The average Bonchev–Trinajstić information content (AvgIpc) is 2.29. The summed E-state index contributed by atoms with van der Waals surface area (Å²) in [6.45, 7) is 1.75. The second kappa shape index (κ2) is 5.09. The molecule has 1 amide bonds. The number of nitroso groups, excluding NO2 is 1. The first-order valence-corrected chi connectivity index (χ1v) is 4.52. The van der Waals surface area contributed by atoms with E-state index in [2.05, 4.69) is 10.5 Å². The molecule has 1 N–H and O–H groups in total. The topological polar surface area (TPSA) is 67.8 Å². The van der Waals surface area contributed by atoms with E-state index < -0.39 is 0 Å². The van der Waals surface area contributed by atoms with Crippen LogP contribution in [-0.2, 0) is 4.79 Å². The van der Waals surface area contributed by atoms with Gasteiger partial charge in [0.15, 0.2) is 0 Å². The number of carbonyl (C=O) groups excluding carboxylic acids is 1. The number of nitrogens with one attached hydrogen (secondary N) is 1. The largest absolute Gasteiger partial charge is 0.494 e. The van der Waals surface area contributed by atoms with E-state index in [1.807, 2.05) is 0 Å². The van der Waals surface area contributed by atoms with Crippen molar-refractivity contribution < 1.29 is 9.53 Å². The summed E-state index contributed by atoms with van der Waals surface area (Å²) in [6, 6.07) is 4.57. The van der Waals surface area contributed by atoms with E-state index in [9.17, 15) is 9.70 Å². The lowest BCUT2D eigenvalue weighted by molar-refractivity contribution is -0.115. The van der Waals surface area contributed by atoms with Crippen LogP contribution in [0.2, 0.25) is 0 Å². The SMILES string of the molecule is CCC(=O)Nc1ccc(N=O)cc1OC. The molecule has 0 saturated carbocycles. The number of hydrogen-bond acceptors (Lipinski definition) is 4. The monoisotopic (exact) mass is 208 g/mol. The second-order valence-electron chi connectivity index (χ2n) is 2.88.